The van der Waals surface area contributed by atoms with Crippen LogP contribution in [0.3, 0.4) is 0 Å². The maximum Gasteiger partial charge on any atom is 0.198 e. The maximum absolute atomic E-state index is 5.91. The molecular formula is C8H8ClN3O. The van der Waals surface area contributed by atoms with E-state index < -0.39 is 0 Å². The molecule has 0 saturated carbocycles. The predicted octanol–water partition coefficient (Wildman–Crippen LogP) is 1.81. The number of fused-ring (bicyclic) bond motifs is 1. The number of hydrogen-bond acceptors (Lipinski definition) is 3. The normalized spacial score (nSPS) is 10.6. The quantitative estimate of drug-likeness (QED) is 0.733. The highest BCUT2D eigenvalue weighted by atomic mass is 35.5. The Kier molecular flexibility index (Phi) is 1.77. The highest BCUT2D eigenvalue weighted by Crippen LogP contribution is 2.29. The Balaban J connectivity index is 2.83. The number of H-pyrrole nitrogens is 1. The number of nitrogens with two attached hydrogens (primary N) is 1. The summed E-state index contributed by atoms with van der Waals surface area (Å²) in [4.78, 5) is 6.91. The van der Waals surface area contributed by atoms with E-state index in [0.29, 0.717) is 22.2 Å². The number of ether oxygens (including phenoxy) is 1. The molecule has 2 rings (SSSR count). The van der Waals surface area contributed by atoms with E-state index >= 15 is 0 Å². The van der Waals surface area contributed by atoms with Crippen molar-refractivity contribution in [2.75, 3.05) is 12.8 Å². The molecule has 4 nitrogen and oxygen atoms in total. The number of nitrogens with zero attached hydrogens (tertiary/aromatic N) is 1. The molecule has 68 valence electrons. The number of aromatic amines is 1. The Morgan fingerprint density at radius 3 is 3.00 bits per heavy atom. The SMILES string of the molecule is COc1ccc(Cl)c2nc(N)[nH]c12. The Bertz CT molecular complexity index is 452. The molecular weight excluding hydrogens is 190 g/mol. The molecule has 0 atom stereocenters. The van der Waals surface area contributed by atoms with Crippen LogP contribution in [0.4, 0.5) is 5.95 Å². The zero-order valence-electron chi connectivity index (χ0n) is 6.97. The largest absolute Gasteiger partial charge is 0.494 e. The van der Waals surface area contributed by atoms with Crippen LogP contribution in [0.1, 0.15) is 0 Å². The second-order valence-electron chi connectivity index (χ2n) is 2.60. The predicted molar refractivity (Wildman–Crippen MR) is 52.1 cm³/mol. The van der Waals surface area contributed by atoms with Gasteiger partial charge in [-0.25, -0.2) is 4.98 Å². The number of nitrogen functional groups attached to an aromatic ring is 1. The third-order valence-electron chi connectivity index (χ3n) is 1.80. The van der Waals surface area contributed by atoms with Gasteiger partial charge in [-0.05, 0) is 12.1 Å². The molecule has 0 spiro atoms. The molecule has 2 aromatic rings. The van der Waals surface area contributed by atoms with E-state index in [0.717, 1.165) is 5.52 Å². The fraction of sp³-hybridized carbons (Fsp3) is 0.125. The smallest absolute Gasteiger partial charge is 0.198 e. The van der Waals surface area contributed by atoms with E-state index in [-0.39, 0.29) is 0 Å². The summed E-state index contributed by atoms with van der Waals surface area (Å²) in [5.41, 5.74) is 6.87. The Morgan fingerprint density at radius 2 is 2.31 bits per heavy atom. The van der Waals surface area contributed by atoms with Crippen molar-refractivity contribution in [1.29, 1.82) is 0 Å². The monoisotopic (exact) mass is 197 g/mol. The lowest BCUT2D eigenvalue weighted by molar-refractivity contribution is 0.419. The van der Waals surface area contributed by atoms with Crippen LogP contribution in [0.2, 0.25) is 5.02 Å². The maximum atomic E-state index is 5.91. The molecule has 0 aliphatic carbocycles. The van der Waals surface area contributed by atoms with Crippen molar-refractivity contribution < 1.29 is 4.74 Å². The summed E-state index contributed by atoms with van der Waals surface area (Å²) in [5.74, 6) is 1.02. The molecule has 0 aliphatic rings. The second kappa shape index (κ2) is 2.81. The Hall–Kier alpha value is -1.42. The van der Waals surface area contributed by atoms with Crippen LogP contribution in [0.5, 0.6) is 5.75 Å². The lowest BCUT2D eigenvalue weighted by Crippen LogP contribution is -1.85. The number of imidazole rings is 1. The van der Waals surface area contributed by atoms with E-state index in [1.54, 1.807) is 19.2 Å². The van der Waals surface area contributed by atoms with Gasteiger partial charge in [0.15, 0.2) is 5.95 Å². The van der Waals surface area contributed by atoms with Gasteiger partial charge in [0, 0.05) is 0 Å². The van der Waals surface area contributed by atoms with Crippen molar-refractivity contribution in [2.45, 2.75) is 0 Å². The number of rotatable bonds is 1. The first kappa shape index (κ1) is 8.19. The third-order valence-corrected chi connectivity index (χ3v) is 2.10. The molecule has 1 aromatic heterocycles. The first-order valence-electron chi connectivity index (χ1n) is 3.70. The average molecular weight is 198 g/mol. The number of aromatic nitrogens is 2. The lowest BCUT2D eigenvalue weighted by atomic mass is 10.3. The van der Waals surface area contributed by atoms with E-state index in [9.17, 15) is 0 Å². The molecule has 13 heavy (non-hydrogen) atoms. The summed E-state index contributed by atoms with van der Waals surface area (Å²) in [6, 6.07) is 3.49. The van der Waals surface area contributed by atoms with Crippen molar-refractivity contribution in [2.24, 2.45) is 0 Å². The number of anilines is 1. The Morgan fingerprint density at radius 1 is 1.54 bits per heavy atom. The molecule has 1 heterocycles. The summed E-state index contributed by atoms with van der Waals surface area (Å²) >= 11 is 5.91. The van der Waals surface area contributed by atoms with Crippen LogP contribution in [-0.4, -0.2) is 17.1 Å². The van der Waals surface area contributed by atoms with Gasteiger partial charge in [-0.15, -0.1) is 0 Å². The first-order chi connectivity index (χ1) is 6.22. The third kappa shape index (κ3) is 1.19. The van der Waals surface area contributed by atoms with Crippen LogP contribution in [0.25, 0.3) is 11.0 Å². The van der Waals surface area contributed by atoms with Crippen LogP contribution >= 0.6 is 11.6 Å². The van der Waals surface area contributed by atoms with Gasteiger partial charge in [0.05, 0.1) is 12.1 Å². The highest BCUT2D eigenvalue weighted by Gasteiger charge is 2.08. The molecule has 0 aliphatic heterocycles. The lowest BCUT2D eigenvalue weighted by Gasteiger charge is -2.00. The van der Waals surface area contributed by atoms with Crippen LogP contribution in [-0.2, 0) is 0 Å². The van der Waals surface area contributed by atoms with Crippen molar-refractivity contribution in [1.82, 2.24) is 9.97 Å². The number of nitrogens with one attached hydrogen (secondary N) is 1. The zero-order valence-corrected chi connectivity index (χ0v) is 7.72. The molecule has 0 radical (unpaired) electrons. The van der Waals surface area contributed by atoms with Crippen molar-refractivity contribution >= 4 is 28.6 Å². The fourth-order valence-electron chi connectivity index (χ4n) is 1.22. The van der Waals surface area contributed by atoms with Gasteiger partial charge in [-0.1, -0.05) is 11.6 Å². The van der Waals surface area contributed by atoms with Gasteiger partial charge in [0.1, 0.15) is 16.8 Å². The molecule has 0 fully saturated rings. The van der Waals surface area contributed by atoms with Gasteiger partial charge < -0.3 is 15.5 Å². The summed E-state index contributed by atoms with van der Waals surface area (Å²) in [6.45, 7) is 0. The number of methoxy groups -OCH3 is 1. The van der Waals surface area contributed by atoms with Gasteiger partial charge in [0.25, 0.3) is 0 Å². The number of benzene rings is 1. The molecule has 0 unspecified atom stereocenters. The topological polar surface area (TPSA) is 63.9 Å². The fourth-order valence-corrected chi connectivity index (χ4v) is 1.42. The van der Waals surface area contributed by atoms with E-state index in [1.165, 1.54) is 0 Å². The van der Waals surface area contributed by atoms with E-state index in [4.69, 9.17) is 22.1 Å². The second-order valence-corrected chi connectivity index (χ2v) is 3.00. The molecule has 0 saturated heterocycles. The summed E-state index contributed by atoms with van der Waals surface area (Å²) in [7, 11) is 1.58. The standard InChI is InChI=1S/C8H8ClN3O/c1-13-5-3-2-4(9)6-7(5)12-8(10)11-6/h2-3H,1H3,(H3,10,11,12). The van der Waals surface area contributed by atoms with E-state index in [1.807, 2.05) is 0 Å². The molecule has 3 N–H and O–H groups in total. The first-order valence-corrected chi connectivity index (χ1v) is 4.08. The van der Waals surface area contributed by atoms with Crippen LogP contribution in [0.15, 0.2) is 12.1 Å². The molecule has 0 bridgehead atoms. The number of halogens is 1. The van der Waals surface area contributed by atoms with Crippen LogP contribution in [0, 0.1) is 0 Å². The van der Waals surface area contributed by atoms with Crippen LogP contribution < -0.4 is 10.5 Å². The summed E-state index contributed by atoms with van der Waals surface area (Å²) < 4.78 is 5.11. The van der Waals surface area contributed by atoms with Gasteiger partial charge >= 0.3 is 0 Å². The minimum Gasteiger partial charge on any atom is -0.494 e. The summed E-state index contributed by atoms with van der Waals surface area (Å²) in [5, 5.41) is 0.559. The minimum absolute atomic E-state index is 0.335. The average Bonchev–Trinajstić information content (AvgIpc) is 2.48. The zero-order chi connectivity index (χ0) is 9.42. The van der Waals surface area contributed by atoms with Crippen molar-refractivity contribution in [3.8, 4) is 5.75 Å². The minimum atomic E-state index is 0.335. The Labute approximate surface area is 79.7 Å². The van der Waals surface area contributed by atoms with Gasteiger partial charge in [-0.2, -0.15) is 0 Å². The highest BCUT2D eigenvalue weighted by molar-refractivity contribution is 6.35. The van der Waals surface area contributed by atoms with Crippen molar-refractivity contribution in [3.63, 3.8) is 0 Å². The van der Waals surface area contributed by atoms with Gasteiger partial charge in [0.2, 0.25) is 0 Å². The summed E-state index contributed by atoms with van der Waals surface area (Å²) in [6.07, 6.45) is 0. The van der Waals surface area contributed by atoms with Gasteiger partial charge in [-0.3, -0.25) is 0 Å². The molecule has 5 heteroatoms. The molecule has 1 aromatic carbocycles. The number of hydrogen-bond donors (Lipinski definition) is 2. The van der Waals surface area contributed by atoms with Crippen molar-refractivity contribution in [3.05, 3.63) is 17.2 Å². The van der Waals surface area contributed by atoms with E-state index in [2.05, 4.69) is 9.97 Å². The molecule has 0 amide bonds.